The topological polar surface area (TPSA) is 49.3 Å². The predicted octanol–water partition coefficient (Wildman–Crippen LogP) is 4.01. The molecule has 164 valence electrons. The first kappa shape index (κ1) is 21.1. The lowest BCUT2D eigenvalue weighted by Gasteiger charge is -2.40. The van der Waals surface area contributed by atoms with Gasteiger partial charge in [-0.3, -0.25) is 19.7 Å². The van der Waals surface area contributed by atoms with Gasteiger partial charge >= 0.3 is 0 Å². The van der Waals surface area contributed by atoms with E-state index >= 15 is 0 Å². The van der Waals surface area contributed by atoms with E-state index in [9.17, 15) is 4.79 Å². The zero-order valence-corrected chi connectivity index (χ0v) is 19.1. The number of aromatic nitrogens is 2. The predicted molar refractivity (Wildman–Crippen MR) is 126 cm³/mol. The number of fused-ring (bicyclic) bond motifs is 2. The number of carbonyl (C=O) groups excluding carboxylic acids is 1. The van der Waals surface area contributed by atoms with E-state index in [-0.39, 0.29) is 11.9 Å². The van der Waals surface area contributed by atoms with Crippen LogP contribution in [-0.4, -0.2) is 51.9 Å². The molecule has 1 unspecified atom stereocenters. The molecule has 5 nitrogen and oxygen atoms in total. The van der Waals surface area contributed by atoms with Gasteiger partial charge in [-0.25, -0.2) is 0 Å². The highest BCUT2D eigenvalue weighted by Gasteiger charge is 2.33. The van der Waals surface area contributed by atoms with Crippen LogP contribution in [-0.2, 0) is 24.1 Å². The quantitative estimate of drug-likeness (QED) is 0.609. The van der Waals surface area contributed by atoms with Gasteiger partial charge in [0.15, 0.2) is 0 Å². The summed E-state index contributed by atoms with van der Waals surface area (Å²) < 4.78 is 0. The molecule has 6 heteroatoms. The largest absolute Gasteiger partial charge is 0.340 e. The number of piperazine rings is 1. The molecule has 1 saturated heterocycles. The fourth-order valence-corrected chi connectivity index (χ4v) is 5.23. The molecule has 3 heterocycles. The molecule has 0 N–H and O–H groups in total. The second-order valence-corrected chi connectivity index (χ2v) is 9.12. The highest BCUT2D eigenvalue weighted by atomic mass is 35.5. The van der Waals surface area contributed by atoms with Gasteiger partial charge in [0.1, 0.15) is 0 Å². The van der Waals surface area contributed by atoms with Crippen molar-refractivity contribution in [3.8, 4) is 0 Å². The van der Waals surface area contributed by atoms with E-state index in [1.54, 1.807) is 12.4 Å². The third kappa shape index (κ3) is 4.15. The lowest BCUT2D eigenvalue weighted by atomic mass is 9.94. The maximum Gasteiger partial charge on any atom is 0.227 e. The average molecular weight is 447 g/mol. The van der Waals surface area contributed by atoms with E-state index in [4.69, 9.17) is 16.6 Å². The minimum absolute atomic E-state index is 0.0670. The Kier molecular flexibility index (Phi) is 5.94. The van der Waals surface area contributed by atoms with Gasteiger partial charge in [0.25, 0.3) is 0 Å². The summed E-state index contributed by atoms with van der Waals surface area (Å²) in [5, 5.41) is 0.801. The fourth-order valence-electron chi connectivity index (χ4n) is 4.98. The lowest BCUT2D eigenvalue weighted by molar-refractivity contribution is -0.132. The normalized spacial score (nSPS) is 18.6. The fraction of sp³-hybridized carbons (Fsp3) is 0.346. The standard InChI is InChI=1S/C26H27ClN4O/c1-18-4-6-21-20(15-18)5-7-22-23(27)8-10-29-25(22)26(21)31-13-11-30(12-14-31)24(32)16-19-3-2-9-28-17-19/h2-4,6,8-10,15,17,26H,5,7,11-14,16H2,1H3. The summed E-state index contributed by atoms with van der Waals surface area (Å²) in [5.41, 5.74) is 7.15. The van der Waals surface area contributed by atoms with Gasteiger partial charge in [0.05, 0.1) is 18.2 Å². The van der Waals surface area contributed by atoms with Crippen LogP contribution in [0.5, 0.6) is 0 Å². The van der Waals surface area contributed by atoms with Crippen molar-refractivity contribution in [1.82, 2.24) is 19.8 Å². The van der Waals surface area contributed by atoms with Crippen molar-refractivity contribution in [1.29, 1.82) is 0 Å². The number of pyridine rings is 2. The Morgan fingerprint density at radius 1 is 1.09 bits per heavy atom. The molecule has 1 fully saturated rings. The van der Waals surface area contributed by atoms with Crippen molar-refractivity contribution < 1.29 is 4.79 Å². The molecule has 32 heavy (non-hydrogen) atoms. The van der Waals surface area contributed by atoms with E-state index in [1.807, 2.05) is 29.3 Å². The number of amides is 1. The SMILES string of the molecule is Cc1ccc2c(c1)CCc1c(Cl)ccnc1C2N1CCN(C(=O)Cc2cccnc2)CC1. The van der Waals surface area contributed by atoms with Gasteiger partial charge in [-0.15, -0.1) is 0 Å². The summed E-state index contributed by atoms with van der Waals surface area (Å²) in [5.74, 6) is 0.163. The number of rotatable bonds is 3. The highest BCUT2D eigenvalue weighted by molar-refractivity contribution is 6.31. The molecule has 0 saturated carbocycles. The van der Waals surface area contributed by atoms with Gasteiger partial charge in [-0.05, 0) is 54.2 Å². The van der Waals surface area contributed by atoms with Crippen molar-refractivity contribution in [2.24, 2.45) is 0 Å². The van der Waals surface area contributed by atoms with Crippen LogP contribution in [0, 0.1) is 6.92 Å². The Labute approximate surface area is 194 Å². The molecule has 0 radical (unpaired) electrons. The van der Waals surface area contributed by atoms with Crippen LogP contribution in [0.1, 0.15) is 39.6 Å². The second kappa shape index (κ2) is 9.00. The molecule has 5 rings (SSSR count). The van der Waals surface area contributed by atoms with E-state index < -0.39 is 0 Å². The van der Waals surface area contributed by atoms with Crippen LogP contribution >= 0.6 is 11.6 Å². The first-order valence-electron chi connectivity index (χ1n) is 11.2. The molecule has 2 aliphatic rings. The third-order valence-electron chi connectivity index (χ3n) is 6.64. The second-order valence-electron chi connectivity index (χ2n) is 8.72. The van der Waals surface area contributed by atoms with Crippen LogP contribution < -0.4 is 0 Å². The number of aryl methyl sites for hydroxylation is 2. The van der Waals surface area contributed by atoms with E-state index in [0.717, 1.165) is 47.8 Å². The van der Waals surface area contributed by atoms with E-state index in [1.165, 1.54) is 16.7 Å². The minimum Gasteiger partial charge on any atom is -0.340 e. The maximum atomic E-state index is 12.8. The van der Waals surface area contributed by atoms with Crippen LogP contribution in [0.15, 0.2) is 55.0 Å². The Bertz CT molecular complexity index is 1130. The third-order valence-corrected chi connectivity index (χ3v) is 6.99. The van der Waals surface area contributed by atoms with Crippen LogP contribution in [0.25, 0.3) is 0 Å². The number of halogens is 1. The molecule has 3 aromatic rings. The minimum atomic E-state index is 0.0670. The summed E-state index contributed by atoms with van der Waals surface area (Å²) in [6, 6.07) is 12.5. The Balaban J connectivity index is 1.39. The molecule has 1 atom stereocenters. The number of carbonyl (C=O) groups is 1. The zero-order valence-electron chi connectivity index (χ0n) is 18.3. The molecule has 2 aromatic heterocycles. The van der Waals surface area contributed by atoms with E-state index in [2.05, 4.69) is 35.0 Å². The molecule has 1 aromatic carbocycles. The lowest BCUT2D eigenvalue weighted by Crippen LogP contribution is -2.50. The van der Waals surface area contributed by atoms with Crippen LogP contribution in [0.2, 0.25) is 5.02 Å². The van der Waals surface area contributed by atoms with Gasteiger partial charge in [-0.2, -0.15) is 0 Å². The summed E-state index contributed by atoms with van der Waals surface area (Å²) >= 11 is 6.62. The summed E-state index contributed by atoms with van der Waals surface area (Å²) in [4.78, 5) is 26.2. The van der Waals surface area contributed by atoms with Crippen molar-refractivity contribution >= 4 is 17.5 Å². The monoisotopic (exact) mass is 446 g/mol. The zero-order chi connectivity index (χ0) is 22.1. The average Bonchev–Trinajstić information content (AvgIpc) is 2.97. The molecular weight excluding hydrogens is 420 g/mol. The molecule has 1 aliphatic carbocycles. The van der Waals surface area contributed by atoms with Crippen LogP contribution in [0.3, 0.4) is 0 Å². The molecular formula is C26H27ClN4O. The van der Waals surface area contributed by atoms with Gasteiger partial charge in [0, 0.05) is 49.8 Å². The van der Waals surface area contributed by atoms with Gasteiger partial charge in [-0.1, -0.05) is 41.4 Å². The number of benzene rings is 1. The highest BCUT2D eigenvalue weighted by Crippen LogP contribution is 2.38. The van der Waals surface area contributed by atoms with Crippen molar-refractivity contribution in [2.45, 2.75) is 32.2 Å². The van der Waals surface area contributed by atoms with Gasteiger partial charge < -0.3 is 4.90 Å². The number of hydrogen-bond acceptors (Lipinski definition) is 4. The first-order chi connectivity index (χ1) is 15.6. The first-order valence-corrected chi connectivity index (χ1v) is 11.6. The number of hydrogen-bond donors (Lipinski definition) is 0. The Morgan fingerprint density at radius 3 is 2.72 bits per heavy atom. The number of nitrogens with zero attached hydrogens (tertiary/aromatic N) is 4. The van der Waals surface area contributed by atoms with Crippen molar-refractivity contribution in [3.05, 3.63) is 93.5 Å². The smallest absolute Gasteiger partial charge is 0.227 e. The summed E-state index contributed by atoms with van der Waals surface area (Å²) in [6.07, 6.45) is 7.59. The van der Waals surface area contributed by atoms with Gasteiger partial charge in [0.2, 0.25) is 5.91 Å². The summed E-state index contributed by atoms with van der Waals surface area (Å²) in [6.45, 7) is 5.19. The molecule has 0 spiro atoms. The van der Waals surface area contributed by atoms with Crippen LogP contribution in [0.4, 0.5) is 0 Å². The van der Waals surface area contributed by atoms with E-state index in [0.29, 0.717) is 19.5 Å². The molecule has 1 amide bonds. The van der Waals surface area contributed by atoms with Crippen molar-refractivity contribution in [3.63, 3.8) is 0 Å². The summed E-state index contributed by atoms with van der Waals surface area (Å²) in [7, 11) is 0. The Morgan fingerprint density at radius 2 is 1.94 bits per heavy atom. The van der Waals surface area contributed by atoms with Crippen molar-refractivity contribution in [2.75, 3.05) is 26.2 Å². The molecule has 0 bridgehead atoms. The Hall–Kier alpha value is -2.76. The maximum absolute atomic E-state index is 12.8. The molecule has 1 aliphatic heterocycles.